The minimum atomic E-state index is -0.0258. The summed E-state index contributed by atoms with van der Waals surface area (Å²) in [6.07, 6.45) is 4.15. The lowest BCUT2D eigenvalue weighted by molar-refractivity contribution is -0.124. The lowest BCUT2D eigenvalue weighted by Gasteiger charge is -2.32. The van der Waals surface area contributed by atoms with Crippen LogP contribution in [0.4, 0.5) is 0 Å². The molecule has 7 nitrogen and oxygen atoms in total. The molecule has 28 heavy (non-hydrogen) atoms. The molecule has 3 N–H and O–H groups in total. The molecular weight excluding hydrogens is 356 g/mol. The predicted octanol–water partition coefficient (Wildman–Crippen LogP) is 0.892. The number of ether oxygens (including phenoxy) is 1. The minimum absolute atomic E-state index is 0.0258. The van der Waals surface area contributed by atoms with Crippen LogP contribution in [0.3, 0.4) is 0 Å². The third-order valence-corrected chi connectivity index (χ3v) is 5.54. The van der Waals surface area contributed by atoms with Gasteiger partial charge in [-0.05, 0) is 62.4 Å². The first-order valence-corrected chi connectivity index (χ1v) is 10.3. The van der Waals surface area contributed by atoms with E-state index >= 15 is 0 Å². The summed E-state index contributed by atoms with van der Waals surface area (Å²) in [6.45, 7) is 4.31. The zero-order valence-electron chi connectivity index (χ0n) is 16.7. The van der Waals surface area contributed by atoms with Crippen LogP contribution >= 0.6 is 0 Å². The highest BCUT2D eigenvalue weighted by atomic mass is 16.5. The third kappa shape index (κ3) is 6.21. The average molecular weight is 389 g/mol. The number of benzene rings is 1. The Kier molecular flexibility index (Phi) is 7.68. The van der Waals surface area contributed by atoms with E-state index in [1.807, 2.05) is 24.3 Å². The minimum Gasteiger partial charge on any atom is -0.497 e. The number of likely N-dealkylation sites (tertiary alicyclic amines) is 1. The average Bonchev–Trinajstić information content (AvgIpc) is 3.26. The maximum absolute atomic E-state index is 12.3. The number of methoxy groups -OCH3 is 1. The monoisotopic (exact) mass is 388 g/mol. The van der Waals surface area contributed by atoms with Crippen LogP contribution in [-0.2, 0) is 16.1 Å². The van der Waals surface area contributed by atoms with E-state index in [1.165, 1.54) is 0 Å². The van der Waals surface area contributed by atoms with Gasteiger partial charge in [-0.15, -0.1) is 0 Å². The first kappa shape index (κ1) is 20.6. The van der Waals surface area contributed by atoms with Crippen molar-refractivity contribution in [2.45, 2.75) is 38.3 Å². The normalized spacial score (nSPS) is 22.6. The summed E-state index contributed by atoms with van der Waals surface area (Å²) >= 11 is 0. The molecule has 154 valence electrons. The highest BCUT2D eigenvalue weighted by Crippen LogP contribution is 2.16. The number of nitrogens with zero attached hydrogens (tertiary/aromatic N) is 1. The van der Waals surface area contributed by atoms with Crippen molar-refractivity contribution in [3.05, 3.63) is 29.8 Å². The molecule has 2 fully saturated rings. The van der Waals surface area contributed by atoms with Gasteiger partial charge >= 0.3 is 0 Å². The van der Waals surface area contributed by atoms with Gasteiger partial charge < -0.3 is 20.7 Å². The molecule has 2 amide bonds. The lowest BCUT2D eigenvalue weighted by atomic mass is 9.98. The summed E-state index contributed by atoms with van der Waals surface area (Å²) in [6, 6.07) is 7.69. The number of hydrogen-bond acceptors (Lipinski definition) is 5. The summed E-state index contributed by atoms with van der Waals surface area (Å²) < 4.78 is 5.21. The van der Waals surface area contributed by atoms with Gasteiger partial charge in [-0.2, -0.15) is 0 Å². The van der Waals surface area contributed by atoms with Crippen LogP contribution in [0.5, 0.6) is 5.75 Å². The fourth-order valence-electron chi connectivity index (χ4n) is 3.98. The van der Waals surface area contributed by atoms with Crippen molar-refractivity contribution in [3.8, 4) is 5.75 Å². The largest absolute Gasteiger partial charge is 0.497 e. The summed E-state index contributed by atoms with van der Waals surface area (Å²) in [4.78, 5) is 26.7. The van der Waals surface area contributed by atoms with E-state index in [0.717, 1.165) is 56.6 Å². The van der Waals surface area contributed by atoms with Crippen LogP contribution in [0.25, 0.3) is 0 Å². The number of carbonyl (C=O) groups excluding carboxylic acids is 2. The van der Waals surface area contributed by atoms with Crippen molar-refractivity contribution >= 4 is 11.8 Å². The second-order valence-electron chi connectivity index (χ2n) is 7.77. The van der Waals surface area contributed by atoms with Gasteiger partial charge in [-0.3, -0.25) is 14.5 Å². The molecule has 2 saturated heterocycles. The maximum atomic E-state index is 12.3. The number of rotatable bonds is 8. The maximum Gasteiger partial charge on any atom is 0.237 e. The van der Waals surface area contributed by atoms with Gasteiger partial charge in [-0.1, -0.05) is 12.1 Å². The first-order valence-electron chi connectivity index (χ1n) is 10.3. The molecule has 0 saturated carbocycles. The van der Waals surface area contributed by atoms with E-state index in [2.05, 4.69) is 20.9 Å². The number of amides is 2. The van der Waals surface area contributed by atoms with Crippen molar-refractivity contribution in [1.29, 1.82) is 0 Å². The van der Waals surface area contributed by atoms with Crippen LogP contribution in [0.2, 0.25) is 0 Å². The van der Waals surface area contributed by atoms with E-state index in [0.29, 0.717) is 25.6 Å². The van der Waals surface area contributed by atoms with Gasteiger partial charge in [0.05, 0.1) is 19.7 Å². The van der Waals surface area contributed by atoms with E-state index < -0.39 is 0 Å². The SMILES string of the molecule is COc1cccc(CNC(=O)CN2CCCC(CNC(=O)C3CCCN3)C2)c1. The molecule has 3 rings (SSSR count). The fourth-order valence-corrected chi connectivity index (χ4v) is 3.98. The molecule has 2 aliphatic rings. The van der Waals surface area contributed by atoms with Crippen LogP contribution in [0, 0.1) is 5.92 Å². The second kappa shape index (κ2) is 10.4. The quantitative estimate of drug-likeness (QED) is 0.616. The molecular formula is C21H32N4O3. The number of piperidine rings is 1. The van der Waals surface area contributed by atoms with Gasteiger partial charge in [-0.25, -0.2) is 0 Å². The Morgan fingerprint density at radius 2 is 2.14 bits per heavy atom. The molecule has 1 aromatic carbocycles. The van der Waals surface area contributed by atoms with Crippen LogP contribution in [-0.4, -0.2) is 62.6 Å². The molecule has 0 aromatic heterocycles. The van der Waals surface area contributed by atoms with Crippen molar-refractivity contribution < 1.29 is 14.3 Å². The highest BCUT2D eigenvalue weighted by Gasteiger charge is 2.25. The zero-order valence-corrected chi connectivity index (χ0v) is 16.7. The van der Waals surface area contributed by atoms with Gasteiger partial charge in [0.15, 0.2) is 0 Å². The molecule has 0 aliphatic carbocycles. The Morgan fingerprint density at radius 1 is 1.25 bits per heavy atom. The Balaban J connectivity index is 1.37. The van der Waals surface area contributed by atoms with E-state index in [-0.39, 0.29) is 17.9 Å². The standard InChI is InChI=1S/C21H32N4O3/c1-28-18-7-2-5-16(11-18)12-23-20(26)15-25-10-4-6-17(14-25)13-24-21(27)19-8-3-9-22-19/h2,5,7,11,17,19,22H,3-4,6,8-10,12-15H2,1H3,(H,23,26)(H,24,27). The molecule has 0 radical (unpaired) electrons. The van der Waals surface area contributed by atoms with Gasteiger partial charge in [0.1, 0.15) is 5.75 Å². The topological polar surface area (TPSA) is 82.7 Å². The summed E-state index contributed by atoms with van der Waals surface area (Å²) in [5.74, 6) is 1.35. The zero-order chi connectivity index (χ0) is 19.8. The second-order valence-corrected chi connectivity index (χ2v) is 7.77. The van der Waals surface area contributed by atoms with Crippen molar-refractivity contribution in [2.75, 3.05) is 39.8 Å². The lowest BCUT2D eigenvalue weighted by Crippen LogP contribution is -2.47. The third-order valence-electron chi connectivity index (χ3n) is 5.54. The molecule has 7 heteroatoms. The number of hydrogen-bond donors (Lipinski definition) is 3. The predicted molar refractivity (Wildman–Crippen MR) is 108 cm³/mol. The molecule has 2 aliphatic heterocycles. The highest BCUT2D eigenvalue weighted by molar-refractivity contribution is 5.82. The van der Waals surface area contributed by atoms with Crippen LogP contribution in [0.15, 0.2) is 24.3 Å². The summed E-state index contributed by atoms with van der Waals surface area (Å²) in [5, 5.41) is 9.30. The van der Waals surface area contributed by atoms with E-state index in [9.17, 15) is 9.59 Å². The van der Waals surface area contributed by atoms with Crippen LogP contribution in [0.1, 0.15) is 31.2 Å². The Hall–Kier alpha value is -2.12. The van der Waals surface area contributed by atoms with Crippen molar-refractivity contribution in [1.82, 2.24) is 20.9 Å². The molecule has 2 unspecified atom stereocenters. The van der Waals surface area contributed by atoms with Crippen molar-refractivity contribution in [3.63, 3.8) is 0 Å². The fraction of sp³-hybridized carbons (Fsp3) is 0.619. The van der Waals surface area contributed by atoms with Crippen LogP contribution < -0.4 is 20.7 Å². The van der Waals surface area contributed by atoms with Gasteiger partial charge in [0.25, 0.3) is 0 Å². The summed E-state index contributed by atoms with van der Waals surface area (Å²) in [7, 11) is 1.64. The first-order chi connectivity index (χ1) is 13.6. The molecule has 2 atom stereocenters. The van der Waals surface area contributed by atoms with E-state index in [1.54, 1.807) is 7.11 Å². The molecule has 1 aromatic rings. The summed E-state index contributed by atoms with van der Waals surface area (Å²) in [5.41, 5.74) is 1.02. The van der Waals surface area contributed by atoms with Gasteiger partial charge in [0.2, 0.25) is 11.8 Å². The Labute approximate surface area is 167 Å². The number of nitrogens with one attached hydrogen (secondary N) is 3. The number of carbonyl (C=O) groups is 2. The van der Waals surface area contributed by atoms with Gasteiger partial charge in [0, 0.05) is 19.6 Å². The smallest absolute Gasteiger partial charge is 0.237 e. The van der Waals surface area contributed by atoms with E-state index in [4.69, 9.17) is 4.74 Å². The molecule has 0 bridgehead atoms. The molecule has 0 spiro atoms. The van der Waals surface area contributed by atoms with Crippen molar-refractivity contribution in [2.24, 2.45) is 5.92 Å². The molecule has 2 heterocycles. The Bertz CT molecular complexity index is 661. The Morgan fingerprint density at radius 3 is 2.93 bits per heavy atom.